The van der Waals surface area contributed by atoms with Gasteiger partial charge in [0.1, 0.15) is 5.75 Å². The number of rotatable bonds is 5. The van der Waals surface area contributed by atoms with Crippen LogP contribution in [0.3, 0.4) is 0 Å². The Kier molecular flexibility index (Phi) is 4.65. The molecule has 1 atom stereocenters. The monoisotopic (exact) mass is 278 g/mol. The van der Waals surface area contributed by atoms with Crippen LogP contribution in [0.5, 0.6) is 5.75 Å². The van der Waals surface area contributed by atoms with Crippen molar-refractivity contribution in [2.45, 2.75) is 44.6 Å². The second-order valence-corrected chi connectivity index (χ2v) is 5.64. The molecule has 110 valence electrons. The zero-order valence-electron chi connectivity index (χ0n) is 11.8. The van der Waals surface area contributed by atoms with Gasteiger partial charge in [-0.05, 0) is 37.0 Å². The van der Waals surface area contributed by atoms with Gasteiger partial charge in [-0.15, -0.1) is 0 Å². The predicted octanol–water partition coefficient (Wildman–Crippen LogP) is 3.15. The molecular formula is C16H22O4. The van der Waals surface area contributed by atoms with Crippen LogP contribution in [0, 0.1) is 5.41 Å². The van der Waals surface area contributed by atoms with Crippen LogP contribution < -0.4 is 4.74 Å². The number of carboxylic acids is 1. The fourth-order valence-electron chi connectivity index (χ4n) is 3.07. The smallest absolute Gasteiger partial charge is 0.309 e. The largest absolute Gasteiger partial charge is 0.497 e. The van der Waals surface area contributed by atoms with E-state index in [-0.39, 0.29) is 6.42 Å². The number of hydrogen-bond acceptors (Lipinski definition) is 3. The average Bonchev–Trinajstić information content (AvgIpc) is 2.48. The third-order valence-corrected chi connectivity index (χ3v) is 4.33. The Balaban J connectivity index is 2.15. The maximum Gasteiger partial charge on any atom is 0.309 e. The van der Waals surface area contributed by atoms with Gasteiger partial charge in [0, 0.05) is 0 Å². The standard InChI is InChI=1S/C16H22O4/c1-20-13-7-5-6-12(10-13)14(17)11-16(15(18)19)8-3-2-4-9-16/h5-7,10,14,17H,2-4,8-9,11H2,1H3,(H,18,19). The molecule has 0 heterocycles. The molecule has 0 aromatic heterocycles. The van der Waals surface area contributed by atoms with E-state index in [0.29, 0.717) is 18.6 Å². The minimum Gasteiger partial charge on any atom is -0.497 e. The summed E-state index contributed by atoms with van der Waals surface area (Å²) in [6.07, 6.45) is 3.76. The molecule has 2 N–H and O–H groups in total. The summed E-state index contributed by atoms with van der Waals surface area (Å²) in [5.41, 5.74) is -0.0589. The van der Waals surface area contributed by atoms with Crippen molar-refractivity contribution in [3.63, 3.8) is 0 Å². The molecule has 1 aliphatic rings. The summed E-state index contributed by atoms with van der Waals surface area (Å²) >= 11 is 0. The molecule has 2 rings (SSSR count). The van der Waals surface area contributed by atoms with Gasteiger partial charge in [0.15, 0.2) is 0 Å². The number of hydrogen-bond donors (Lipinski definition) is 2. The summed E-state index contributed by atoms with van der Waals surface area (Å²) in [5, 5.41) is 19.9. The molecule has 20 heavy (non-hydrogen) atoms. The molecule has 1 aromatic rings. The van der Waals surface area contributed by atoms with E-state index in [0.717, 1.165) is 24.8 Å². The maximum atomic E-state index is 11.6. The van der Waals surface area contributed by atoms with E-state index < -0.39 is 17.5 Å². The van der Waals surface area contributed by atoms with Gasteiger partial charge in [-0.25, -0.2) is 0 Å². The first-order valence-electron chi connectivity index (χ1n) is 7.13. The van der Waals surface area contributed by atoms with Crippen LogP contribution >= 0.6 is 0 Å². The SMILES string of the molecule is COc1cccc(C(O)CC2(C(=O)O)CCCCC2)c1. The van der Waals surface area contributed by atoms with Crippen molar-refractivity contribution in [3.05, 3.63) is 29.8 Å². The Morgan fingerprint density at radius 1 is 1.35 bits per heavy atom. The molecule has 1 fully saturated rings. The quantitative estimate of drug-likeness (QED) is 0.868. The van der Waals surface area contributed by atoms with Gasteiger partial charge < -0.3 is 14.9 Å². The molecular weight excluding hydrogens is 256 g/mol. The van der Waals surface area contributed by atoms with Crippen molar-refractivity contribution in [3.8, 4) is 5.75 Å². The molecule has 4 heteroatoms. The first kappa shape index (κ1) is 14.9. The highest BCUT2D eigenvalue weighted by molar-refractivity contribution is 5.74. The number of methoxy groups -OCH3 is 1. The first-order valence-corrected chi connectivity index (χ1v) is 7.13. The second-order valence-electron chi connectivity index (χ2n) is 5.64. The van der Waals surface area contributed by atoms with E-state index in [1.807, 2.05) is 18.2 Å². The van der Waals surface area contributed by atoms with E-state index >= 15 is 0 Å². The number of carbonyl (C=O) groups is 1. The van der Waals surface area contributed by atoms with Gasteiger partial charge in [0.25, 0.3) is 0 Å². The van der Waals surface area contributed by atoms with Crippen LogP contribution in [0.2, 0.25) is 0 Å². The lowest BCUT2D eigenvalue weighted by Crippen LogP contribution is -2.35. The number of benzene rings is 1. The molecule has 1 unspecified atom stereocenters. The lowest BCUT2D eigenvalue weighted by atomic mass is 9.70. The van der Waals surface area contributed by atoms with Gasteiger partial charge in [-0.1, -0.05) is 31.4 Å². The number of carboxylic acid groups (broad SMARTS) is 1. The van der Waals surface area contributed by atoms with E-state index in [1.54, 1.807) is 13.2 Å². The van der Waals surface area contributed by atoms with E-state index in [2.05, 4.69) is 0 Å². The van der Waals surface area contributed by atoms with Crippen molar-refractivity contribution in [1.82, 2.24) is 0 Å². The molecule has 0 amide bonds. The lowest BCUT2D eigenvalue weighted by molar-refractivity contribution is -0.153. The van der Waals surface area contributed by atoms with Crippen molar-refractivity contribution in [1.29, 1.82) is 0 Å². The Hall–Kier alpha value is -1.55. The minimum absolute atomic E-state index is 0.273. The van der Waals surface area contributed by atoms with Crippen LogP contribution in [0.1, 0.15) is 50.2 Å². The summed E-state index contributed by atoms with van der Waals surface area (Å²) in [6.45, 7) is 0. The highest BCUT2D eigenvalue weighted by atomic mass is 16.5. The summed E-state index contributed by atoms with van der Waals surface area (Å²) in [7, 11) is 1.57. The molecule has 0 spiro atoms. The normalized spacial score (nSPS) is 19.3. The zero-order valence-corrected chi connectivity index (χ0v) is 11.8. The topological polar surface area (TPSA) is 66.8 Å². The van der Waals surface area contributed by atoms with Crippen LogP contribution in [-0.2, 0) is 4.79 Å². The highest BCUT2D eigenvalue weighted by Gasteiger charge is 2.41. The Morgan fingerprint density at radius 2 is 2.05 bits per heavy atom. The van der Waals surface area contributed by atoms with E-state index in [9.17, 15) is 15.0 Å². The molecule has 1 saturated carbocycles. The molecule has 0 saturated heterocycles. The third kappa shape index (κ3) is 3.12. The molecule has 4 nitrogen and oxygen atoms in total. The summed E-state index contributed by atoms with van der Waals surface area (Å²) in [5.74, 6) is -0.103. The number of ether oxygens (including phenoxy) is 1. The first-order chi connectivity index (χ1) is 9.57. The van der Waals surface area contributed by atoms with Crippen molar-refractivity contribution < 1.29 is 19.7 Å². The predicted molar refractivity (Wildman–Crippen MR) is 75.7 cm³/mol. The van der Waals surface area contributed by atoms with Gasteiger partial charge >= 0.3 is 5.97 Å². The fourth-order valence-corrected chi connectivity index (χ4v) is 3.07. The fraction of sp³-hybridized carbons (Fsp3) is 0.562. The van der Waals surface area contributed by atoms with Crippen LogP contribution in [-0.4, -0.2) is 23.3 Å². The van der Waals surface area contributed by atoms with Crippen LogP contribution in [0.4, 0.5) is 0 Å². The molecule has 0 bridgehead atoms. The maximum absolute atomic E-state index is 11.6. The van der Waals surface area contributed by atoms with Crippen molar-refractivity contribution in [2.24, 2.45) is 5.41 Å². The third-order valence-electron chi connectivity index (χ3n) is 4.33. The lowest BCUT2D eigenvalue weighted by Gasteiger charge is -2.34. The minimum atomic E-state index is -0.779. The zero-order chi connectivity index (χ0) is 14.6. The van der Waals surface area contributed by atoms with Crippen molar-refractivity contribution in [2.75, 3.05) is 7.11 Å². The average molecular weight is 278 g/mol. The Bertz CT molecular complexity index is 463. The van der Waals surface area contributed by atoms with Gasteiger partial charge in [0.05, 0.1) is 18.6 Å². The second kappa shape index (κ2) is 6.27. The molecule has 0 aliphatic heterocycles. The van der Waals surface area contributed by atoms with E-state index in [4.69, 9.17) is 4.74 Å². The molecule has 1 aliphatic carbocycles. The van der Waals surface area contributed by atoms with Gasteiger partial charge in [-0.2, -0.15) is 0 Å². The summed E-state index contributed by atoms with van der Waals surface area (Å²) in [4.78, 5) is 11.6. The van der Waals surface area contributed by atoms with Gasteiger partial charge in [0.2, 0.25) is 0 Å². The van der Waals surface area contributed by atoms with E-state index in [1.165, 1.54) is 0 Å². The number of aliphatic hydroxyl groups is 1. The number of aliphatic carboxylic acids is 1. The highest BCUT2D eigenvalue weighted by Crippen LogP contribution is 2.43. The van der Waals surface area contributed by atoms with Crippen LogP contribution in [0.25, 0.3) is 0 Å². The summed E-state index contributed by atoms with van der Waals surface area (Å²) in [6, 6.07) is 7.20. The van der Waals surface area contributed by atoms with Gasteiger partial charge in [-0.3, -0.25) is 4.79 Å². The number of aliphatic hydroxyl groups excluding tert-OH is 1. The van der Waals surface area contributed by atoms with Crippen LogP contribution in [0.15, 0.2) is 24.3 Å². The van der Waals surface area contributed by atoms with Crippen molar-refractivity contribution >= 4 is 5.97 Å². The summed E-state index contributed by atoms with van der Waals surface area (Å²) < 4.78 is 5.14. The molecule has 1 aromatic carbocycles. The Morgan fingerprint density at radius 3 is 2.65 bits per heavy atom. The molecule has 0 radical (unpaired) electrons. The Labute approximate surface area is 119 Å².